The fourth-order valence-corrected chi connectivity index (χ4v) is 0.780. The summed E-state index contributed by atoms with van der Waals surface area (Å²) in [6.07, 6.45) is 9.45. The summed E-state index contributed by atoms with van der Waals surface area (Å²) in [4.78, 5) is 4.91. The Morgan fingerprint density at radius 3 is 3.33 bits per heavy atom. The van der Waals surface area contributed by atoms with Gasteiger partial charge in [0.25, 0.3) is 0 Å². The summed E-state index contributed by atoms with van der Waals surface area (Å²) in [5.41, 5.74) is 3.65. The zero-order chi connectivity index (χ0) is 6.10. The highest BCUT2D eigenvalue weighted by atomic mass is 16.8. The lowest BCUT2D eigenvalue weighted by molar-refractivity contribution is -0.112. The summed E-state index contributed by atoms with van der Waals surface area (Å²) in [6.45, 7) is 0. The molecule has 0 spiro atoms. The number of rotatable bonds is 0. The smallest absolute Gasteiger partial charge is 0.0894 e. The van der Waals surface area contributed by atoms with Gasteiger partial charge < -0.3 is 0 Å². The second-order valence-electron chi connectivity index (χ2n) is 1.80. The first-order valence-corrected chi connectivity index (χ1v) is 2.73. The van der Waals surface area contributed by atoms with Gasteiger partial charge >= 0.3 is 0 Å². The molecular formula is C6H6N2O. The fraction of sp³-hybridized carbons (Fsp3) is 0. The van der Waals surface area contributed by atoms with Crippen molar-refractivity contribution >= 4 is 0 Å². The Bertz CT molecular complexity index is 202. The molecule has 46 valence electrons. The first kappa shape index (κ1) is 4.64. The van der Waals surface area contributed by atoms with Crippen LogP contribution in [0.1, 0.15) is 0 Å². The molecule has 2 aliphatic rings. The third kappa shape index (κ3) is 0.622. The predicted octanol–water partition coefficient (Wildman–Crippen LogP) is 0.663. The van der Waals surface area contributed by atoms with E-state index in [2.05, 4.69) is 5.48 Å². The van der Waals surface area contributed by atoms with Crippen LogP contribution < -0.4 is 5.48 Å². The van der Waals surface area contributed by atoms with E-state index in [1.54, 1.807) is 11.3 Å². The van der Waals surface area contributed by atoms with Crippen LogP contribution in [0.15, 0.2) is 36.3 Å². The highest BCUT2D eigenvalue weighted by molar-refractivity contribution is 5.26. The third-order valence-electron chi connectivity index (χ3n) is 1.21. The average Bonchev–Trinajstić information content (AvgIpc) is 2.33. The predicted molar refractivity (Wildman–Crippen MR) is 32.4 cm³/mol. The molecular weight excluding hydrogens is 116 g/mol. The van der Waals surface area contributed by atoms with Crippen molar-refractivity contribution in [2.45, 2.75) is 0 Å². The van der Waals surface area contributed by atoms with E-state index >= 15 is 0 Å². The fourth-order valence-electron chi connectivity index (χ4n) is 0.780. The van der Waals surface area contributed by atoms with Crippen molar-refractivity contribution in [2.24, 2.45) is 0 Å². The van der Waals surface area contributed by atoms with Crippen LogP contribution >= 0.6 is 0 Å². The zero-order valence-corrected chi connectivity index (χ0v) is 4.74. The molecule has 0 amide bonds. The van der Waals surface area contributed by atoms with Gasteiger partial charge in [0.15, 0.2) is 0 Å². The molecule has 0 atom stereocenters. The summed E-state index contributed by atoms with van der Waals surface area (Å²) in [5.74, 6) is 0. The molecule has 1 N–H and O–H groups in total. The molecule has 3 nitrogen and oxygen atoms in total. The molecule has 0 aromatic carbocycles. The lowest BCUT2D eigenvalue weighted by Gasteiger charge is -2.12. The van der Waals surface area contributed by atoms with Gasteiger partial charge in [-0.05, 0) is 12.2 Å². The normalized spacial score (nSPS) is 21.3. The van der Waals surface area contributed by atoms with E-state index in [9.17, 15) is 0 Å². The summed E-state index contributed by atoms with van der Waals surface area (Å²) < 4.78 is 0. The quantitative estimate of drug-likeness (QED) is 0.511. The SMILES string of the molecule is C1=CC2=CNON2C=C1. The maximum absolute atomic E-state index is 4.91. The molecule has 9 heavy (non-hydrogen) atoms. The van der Waals surface area contributed by atoms with Crippen molar-refractivity contribution < 1.29 is 4.94 Å². The van der Waals surface area contributed by atoms with Crippen molar-refractivity contribution in [2.75, 3.05) is 0 Å². The van der Waals surface area contributed by atoms with E-state index in [4.69, 9.17) is 4.94 Å². The maximum Gasteiger partial charge on any atom is 0.0894 e. The van der Waals surface area contributed by atoms with Gasteiger partial charge in [-0.25, -0.2) is 10.5 Å². The molecule has 0 saturated carbocycles. The summed E-state index contributed by atoms with van der Waals surface area (Å²) in [5, 5.41) is 1.65. The van der Waals surface area contributed by atoms with E-state index in [1.165, 1.54) is 0 Å². The molecule has 0 unspecified atom stereocenters. The second-order valence-corrected chi connectivity index (χ2v) is 1.80. The number of hydrogen-bond acceptors (Lipinski definition) is 3. The Morgan fingerprint density at radius 1 is 1.44 bits per heavy atom. The summed E-state index contributed by atoms with van der Waals surface area (Å²) in [6, 6.07) is 0. The molecule has 0 aliphatic carbocycles. The van der Waals surface area contributed by atoms with E-state index in [-0.39, 0.29) is 0 Å². The van der Waals surface area contributed by atoms with Crippen LogP contribution in [0.4, 0.5) is 0 Å². The topological polar surface area (TPSA) is 24.5 Å². The van der Waals surface area contributed by atoms with Gasteiger partial charge in [-0.2, -0.15) is 4.94 Å². The van der Waals surface area contributed by atoms with E-state index in [0.29, 0.717) is 0 Å². The van der Waals surface area contributed by atoms with E-state index < -0.39 is 0 Å². The van der Waals surface area contributed by atoms with Crippen LogP contribution in [-0.4, -0.2) is 5.06 Å². The molecule has 0 bridgehead atoms. The van der Waals surface area contributed by atoms with Crippen LogP contribution in [0, 0.1) is 0 Å². The Labute approximate surface area is 52.8 Å². The number of hydrogen-bond donors (Lipinski definition) is 1. The van der Waals surface area contributed by atoms with Gasteiger partial charge in [0, 0.05) is 6.20 Å². The molecule has 2 rings (SSSR count). The molecule has 0 aromatic rings. The third-order valence-corrected chi connectivity index (χ3v) is 1.21. The molecule has 3 heteroatoms. The van der Waals surface area contributed by atoms with Gasteiger partial charge in [0.1, 0.15) is 0 Å². The molecule has 2 aliphatic heterocycles. The van der Waals surface area contributed by atoms with Crippen LogP contribution in [0.5, 0.6) is 0 Å². The molecule has 0 fully saturated rings. The van der Waals surface area contributed by atoms with Crippen molar-refractivity contribution in [3.63, 3.8) is 0 Å². The summed E-state index contributed by atoms with van der Waals surface area (Å²) >= 11 is 0. The summed E-state index contributed by atoms with van der Waals surface area (Å²) in [7, 11) is 0. The molecule has 2 heterocycles. The number of nitrogens with one attached hydrogen (secondary N) is 1. The first-order chi connectivity index (χ1) is 4.47. The van der Waals surface area contributed by atoms with E-state index in [1.807, 2.05) is 24.4 Å². The van der Waals surface area contributed by atoms with Crippen molar-refractivity contribution in [3.05, 3.63) is 36.3 Å². The number of fused-ring (bicyclic) bond motifs is 1. The van der Waals surface area contributed by atoms with Crippen molar-refractivity contribution in [1.29, 1.82) is 0 Å². The average molecular weight is 122 g/mol. The van der Waals surface area contributed by atoms with Crippen molar-refractivity contribution in [3.8, 4) is 0 Å². The zero-order valence-electron chi connectivity index (χ0n) is 4.74. The Balaban J connectivity index is 2.33. The second kappa shape index (κ2) is 1.63. The lowest BCUT2D eigenvalue weighted by Crippen LogP contribution is -2.14. The number of hydroxylamine groups is 3. The standard InChI is InChI=1S/C6H6N2O/c1-2-4-8-6(3-1)5-7-9-8/h1-5,7H. The highest BCUT2D eigenvalue weighted by Gasteiger charge is 2.11. The Kier molecular flexibility index (Phi) is 0.841. The largest absolute Gasteiger partial charge is 0.247 e. The van der Waals surface area contributed by atoms with Gasteiger partial charge in [-0.15, -0.1) is 0 Å². The number of allylic oxidation sites excluding steroid dienone is 3. The van der Waals surface area contributed by atoms with Crippen LogP contribution in [0.25, 0.3) is 0 Å². The molecule has 0 radical (unpaired) electrons. The van der Waals surface area contributed by atoms with E-state index in [0.717, 1.165) is 5.70 Å². The minimum Gasteiger partial charge on any atom is -0.247 e. The first-order valence-electron chi connectivity index (χ1n) is 2.73. The monoisotopic (exact) mass is 122 g/mol. The Morgan fingerprint density at radius 2 is 2.44 bits per heavy atom. The van der Waals surface area contributed by atoms with Crippen LogP contribution in [-0.2, 0) is 4.94 Å². The lowest BCUT2D eigenvalue weighted by atomic mass is 10.3. The van der Waals surface area contributed by atoms with Gasteiger partial charge in [0.05, 0.1) is 11.9 Å². The molecule has 0 saturated heterocycles. The van der Waals surface area contributed by atoms with Crippen LogP contribution in [0.2, 0.25) is 0 Å². The van der Waals surface area contributed by atoms with Gasteiger partial charge in [0.2, 0.25) is 0 Å². The minimum absolute atomic E-state index is 1.03. The van der Waals surface area contributed by atoms with Crippen LogP contribution in [0.3, 0.4) is 0 Å². The highest BCUT2D eigenvalue weighted by Crippen LogP contribution is 2.14. The van der Waals surface area contributed by atoms with Gasteiger partial charge in [-0.3, -0.25) is 0 Å². The molecule has 0 aromatic heterocycles. The maximum atomic E-state index is 4.91. The Hall–Kier alpha value is -1.22. The van der Waals surface area contributed by atoms with Gasteiger partial charge in [-0.1, -0.05) is 6.08 Å². The minimum atomic E-state index is 1.03. The van der Waals surface area contributed by atoms with Crippen molar-refractivity contribution in [1.82, 2.24) is 10.5 Å². The number of nitrogens with zero attached hydrogens (tertiary/aromatic N) is 1.